The summed E-state index contributed by atoms with van der Waals surface area (Å²) >= 11 is 0. The minimum Gasteiger partial charge on any atom is -0.316 e. The van der Waals surface area contributed by atoms with E-state index in [0.29, 0.717) is 11.9 Å². The molecule has 0 fully saturated rings. The Morgan fingerprint density at radius 1 is 0.262 bits per heavy atom. The molecule has 0 bridgehead atoms. The zero-order valence-corrected chi connectivity index (χ0v) is 45.1. The summed E-state index contributed by atoms with van der Waals surface area (Å²) in [4.78, 5) is 11.4. The smallest absolute Gasteiger partial charge is 0.236 e. The molecule has 0 radical (unpaired) electrons. The number of nitrogens with one attached hydrogen (secondary N) is 1. The van der Waals surface area contributed by atoms with Crippen LogP contribution in [0.15, 0.2) is 283 Å². The number of rotatable bonds is 4. The molecule has 1 atom stereocenters. The van der Waals surface area contributed by atoms with Gasteiger partial charge in [0.1, 0.15) is 0 Å². The molecule has 0 amide bonds. The van der Waals surface area contributed by atoms with Gasteiger partial charge in [0.15, 0.2) is 0 Å². The topological polar surface area (TPSA) is 66.3 Å². The van der Waals surface area contributed by atoms with Crippen LogP contribution < -0.4 is 5.32 Å². The SMILES string of the molecule is c1ccc(-n2c3ccccc3c3ccc4c5ccccc5n(-c5cccc(-n6c7ccccc7c7ccc8c(c9ccccc9n8C8N=C(n9c%10ccccc%10c%10ccccc%109)N=C(n9c%10ccccc%10c%10ccccc%109)N8)c76)c5)c4c32)cc1. The lowest BCUT2D eigenvalue weighted by Gasteiger charge is -2.27. The number of aliphatic imine (C=N–C) groups is 2. The van der Waals surface area contributed by atoms with E-state index < -0.39 is 6.29 Å². The number of hydrogen-bond donors (Lipinski definition) is 1. The highest BCUT2D eigenvalue weighted by Crippen LogP contribution is 2.45. The molecule has 0 saturated carbocycles. The van der Waals surface area contributed by atoms with Crippen molar-refractivity contribution in [2.45, 2.75) is 6.29 Å². The molecule has 1 aliphatic rings. The average Bonchev–Trinajstić information content (AvgIpc) is 4.47. The highest BCUT2D eigenvalue weighted by molar-refractivity contribution is 6.27. The summed E-state index contributed by atoms with van der Waals surface area (Å²) in [6, 6.07) is 99.1. The molecule has 1 unspecified atom stereocenters. The molecule has 1 N–H and O–H groups in total. The Labute approximate surface area is 479 Å². The van der Waals surface area contributed by atoms with Gasteiger partial charge in [-0.3, -0.25) is 9.13 Å². The van der Waals surface area contributed by atoms with Crippen LogP contribution in [0.3, 0.4) is 0 Å². The van der Waals surface area contributed by atoms with Crippen LogP contribution >= 0.6 is 0 Å². The Morgan fingerprint density at radius 3 is 1.12 bits per heavy atom. The Bertz CT molecular complexity index is 5810. The van der Waals surface area contributed by atoms with Gasteiger partial charge in [0, 0.05) is 81.7 Å². The Morgan fingerprint density at radius 2 is 0.619 bits per heavy atom. The summed E-state index contributed by atoms with van der Waals surface area (Å²) in [5.41, 5.74) is 16.5. The third-order valence-corrected chi connectivity index (χ3v) is 17.9. The van der Waals surface area contributed by atoms with Gasteiger partial charge < -0.3 is 23.6 Å². The van der Waals surface area contributed by atoms with Crippen LogP contribution in [-0.4, -0.2) is 39.3 Å². The van der Waals surface area contributed by atoms with E-state index in [0.717, 1.165) is 99.0 Å². The maximum Gasteiger partial charge on any atom is 0.236 e. The molecule has 84 heavy (non-hydrogen) atoms. The van der Waals surface area contributed by atoms with Crippen LogP contribution in [0.4, 0.5) is 0 Å². The van der Waals surface area contributed by atoms with Gasteiger partial charge in [0.25, 0.3) is 0 Å². The second kappa shape index (κ2) is 17.1. The molecule has 1 aliphatic heterocycles. The first kappa shape index (κ1) is 45.3. The van der Waals surface area contributed by atoms with Crippen molar-refractivity contribution < 1.29 is 0 Å². The largest absolute Gasteiger partial charge is 0.316 e. The van der Waals surface area contributed by atoms with E-state index in [-0.39, 0.29) is 0 Å². The van der Waals surface area contributed by atoms with Gasteiger partial charge >= 0.3 is 0 Å². The Kier molecular flexibility index (Phi) is 9.20. The third kappa shape index (κ3) is 6.11. The van der Waals surface area contributed by atoms with Crippen molar-refractivity contribution in [3.63, 3.8) is 0 Å². The van der Waals surface area contributed by atoms with Crippen molar-refractivity contribution in [2.24, 2.45) is 9.98 Å². The maximum atomic E-state index is 5.76. The molecule has 392 valence electrons. The predicted molar refractivity (Wildman–Crippen MR) is 349 cm³/mol. The second-order valence-electron chi connectivity index (χ2n) is 22.1. The van der Waals surface area contributed by atoms with E-state index in [1.807, 2.05) is 0 Å². The molecule has 9 heteroatoms. The summed E-state index contributed by atoms with van der Waals surface area (Å²) in [5, 5.41) is 18.1. The fraction of sp³-hybridized carbons (Fsp3) is 0.0133. The van der Waals surface area contributed by atoms with Crippen molar-refractivity contribution in [1.29, 1.82) is 0 Å². The zero-order chi connectivity index (χ0) is 54.7. The summed E-state index contributed by atoms with van der Waals surface area (Å²) in [5.74, 6) is 1.28. The minimum atomic E-state index is -0.632. The maximum absolute atomic E-state index is 5.76. The first-order valence-electron chi connectivity index (χ1n) is 28.7. The van der Waals surface area contributed by atoms with Crippen molar-refractivity contribution in [1.82, 2.24) is 32.7 Å². The van der Waals surface area contributed by atoms with Gasteiger partial charge in [-0.15, -0.1) is 0 Å². The van der Waals surface area contributed by atoms with Gasteiger partial charge in [0.05, 0.1) is 66.2 Å². The standard InChI is InChI=1S/C75H47N9/c1-2-21-46(22-3-1)79-60-33-12-9-30-54(60)57-41-42-58-55-31-10-14-35-62(55)81(72(58)71(57)79)48-24-20-23-47(45-48)80-61-34-13-8-29-53(61)56-43-44-68-69(70(56)80)59-32-11-19-40-67(59)84(68)75-77-73(82-63-36-15-4-25-49(63)50-26-5-16-37-64(50)82)76-74(78-75)83-65-38-17-6-27-51(65)52-28-7-18-39-66(52)83/h1-45,75H,(H,76,77,78). The summed E-state index contributed by atoms with van der Waals surface area (Å²) in [7, 11) is 0. The van der Waals surface area contributed by atoms with E-state index in [4.69, 9.17) is 9.98 Å². The Hall–Kier alpha value is -11.4. The quantitative estimate of drug-likeness (QED) is 0.187. The van der Waals surface area contributed by atoms with E-state index in [1.165, 1.54) is 48.9 Å². The van der Waals surface area contributed by atoms with Crippen LogP contribution in [0.1, 0.15) is 6.29 Å². The number of aromatic nitrogens is 6. The fourth-order valence-corrected chi connectivity index (χ4v) is 14.5. The molecule has 12 aromatic carbocycles. The lowest BCUT2D eigenvalue weighted by molar-refractivity contribution is 0.506. The molecule has 7 heterocycles. The van der Waals surface area contributed by atoms with Gasteiger partial charge in [0.2, 0.25) is 18.2 Å². The lowest BCUT2D eigenvalue weighted by atomic mass is 10.1. The minimum absolute atomic E-state index is 0.595. The van der Waals surface area contributed by atoms with Crippen LogP contribution in [-0.2, 0) is 0 Å². The van der Waals surface area contributed by atoms with Crippen molar-refractivity contribution in [2.75, 3.05) is 0 Å². The highest BCUT2D eigenvalue weighted by atomic mass is 15.4. The highest BCUT2D eigenvalue weighted by Gasteiger charge is 2.30. The van der Waals surface area contributed by atoms with Gasteiger partial charge in [-0.05, 0) is 84.9 Å². The molecular formula is C75H47N9. The number of hydrogen-bond acceptors (Lipinski definition) is 3. The van der Waals surface area contributed by atoms with E-state index in [2.05, 4.69) is 306 Å². The first-order valence-corrected chi connectivity index (χ1v) is 28.7. The van der Waals surface area contributed by atoms with Crippen molar-refractivity contribution in [3.05, 3.63) is 273 Å². The van der Waals surface area contributed by atoms with Gasteiger partial charge in [-0.1, -0.05) is 188 Å². The predicted octanol–water partition coefficient (Wildman–Crippen LogP) is 18.2. The average molecular weight is 1070 g/mol. The number of nitrogens with zero attached hydrogens (tertiary/aromatic N) is 8. The third-order valence-electron chi connectivity index (χ3n) is 17.9. The molecule has 0 saturated heterocycles. The van der Waals surface area contributed by atoms with E-state index in [9.17, 15) is 0 Å². The number of fused-ring (bicyclic) bond motifs is 20. The van der Waals surface area contributed by atoms with Crippen LogP contribution in [0.2, 0.25) is 0 Å². The molecule has 0 aliphatic carbocycles. The van der Waals surface area contributed by atoms with Crippen LogP contribution in [0.25, 0.3) is 148 Å². The van der Waals surface area contributed by atoms with E-state index in [1.54, 1.807) is 0 Å². The van der Waals surface area contributed by atoms with Crippen LogP contribution in [0, 0.1) is 0 Å². The fourth-order valence-electron chi connectivity index (χ4n) is 14.5. The number of para-hydroxylation sites is 9. The second-order valence-corrected chi connectivity index (χ2v) is 22.1. The molecule has 19 rings (SSSR count). The summed E-state index contributed by atoms with van der Waals surface area (Å²) < 4.78 is 14.4. The first-order chi connectivity index (χ1) is 41.7. The molecule has 18 aromatic rings. The van der Waals surface area contributed by atoms with Crippen molar-refractivity contribution in [3.8, 4) is 17.1 Å². The Balaban J connectivity index is 0.877. The summed E-state index contributed by atoms with van der Waals surface area (Å²) in [6.07, 6.45) is -0.632. The van der Waals surface area contributed by atoms with E-state index >= 15 is 0 Å². The molecular weight excluding hydrogens is 1030 g/mol. The van der Waals surface area contributed by atoms with Crippen LogP contribution in [0.5, 0.6) is 0 Å². The van der Waals surface area contributed by atoms with Gasteiger partial charge in [-0.2, -0.15) is 4.99 Å². The normalized spacial score (nSPS) is 14.1. The monoisotopic (exact) mass is 1070 g/mol. The van der Waals surface area contributed by atoms with Crippen molar-refractivity contribution >= 4 is 143 Å². The van der Waals surface area contributed by atoms with Gasteiger partial charge in [-0.25, -0.2) is 4.99 Å². The molecule has 9 nitrogen and oxygen atoms in total. The molecule has 0 spiro atoms. The summed E-state index contributed by atoms with van der Waals surface area (Å²) in [6.45, 7) is 0. The zero-order valence-electron chi connectivity index (χ0n) is 45.1. The number of benzene rings is 12. The molecule has 6 aromatic heterocycles. The lowest BCUT2D eigenvalue weighted by Crippen LogP contribution is -2.40.